The van der Waals surface area contributed by atoms with E-state index in [2.05, 4.69) is 20.3 Å². The van der Waals surface area contributed by atoms with Gasteiger partial charge in [0.25, 0.3) is 0 Å². The maximum Gasteiger partial charge on any atom is 0.416 e. The van der Waals surface area contributed by atoms with Gasteiger partial charge < -0.3 is 11.1 Å². The number of pyridine rings is 1. The summed E-state index contributed by atoms with van der Waals surface area (Å²) in [7, 11) is 0. The molecule has 0 fully saturated rings. The number of hydrogen-bond acceptors (Lipinski definition) is 5. The molecule has 4 rings (SSSR count). The molecular weight excluding hydrogens is 357 g/mol. The number of fused-ring (bicyclic) bond motifs is 1. The van der Waals surface area contributed by atoms with E-state index in [1.54, 1.807) is 12.3 Å². The number of halogens is 3. The summed E-state index contributed by atoms with van der Waals surface area (Å²) in [6, 6.07) is 11.8. The lowest BCUT2D eigenvalue weighted by Gasteiger charge is -2.10. The highest BCUT2D eigenvalue weighted by molar-refractivity contribution is 5.65. The van der Waals surface area contributed by atoms with E-state index in [-0.39, 0.29) is 11.8 Å². The van der Waals surface area contributed by atoms with Crippen LogP contribution in [0.3, 0.4) is 0 Å². The Morgan fingerprint density at radius 3 is 2.52 bits per heavy atom. The Labute approximate surface area is 151 Å². The number of alkyl halides is 3. The Balaban J connectivity index is 1.67. The normalized spacial score (nSPS) is 11.7. The Morgan fingerprint density at radius 1 is 1.00 bits per heavy atom. The van der Waals surface area contributed by atoms with Gasteiger partial charge in [-0.05, 0) is 36.4 Å². The minimum atomic E-state index is -4.39. The first-order valence-electron chi connectivity index (χ1n) is 7.91. The fraction of sp³-hybridized carbons (Fsp3) is 0.0556. The number of nitrogens with two attached hydrogens (primary N) is 1. The van der Waals surface area contributed by atoms with Gasteiger partial charge in [-0.15, -0.1) is 0 Å². The van der Waals surface area contributed by atoms with E-state index in [4.69, 9.17) is 5.73 Å². The SMILES string of the molecule is Nc1cc(-c2cnc3ccccn23)nc(Nc2ccc(C(F)(F)F)cc2)n1. The summed E-state index contributed by atoms with van der Waals surface area (Å²) >= 11 is 0. The molecule has 4 aromatic rings. The second-order valence-corrected chi connectivity index (χ2v) is 5.77. The van der Waals surface area contributed by atoms with E-state index in [1.165, 1.54) is 12.1 Å². The summed E-state index contributed by atoms with van der Waals surface area (Å²) in [5.74, 6) is 0.399. The maximum atomic E-state index is 12.7. The number of nitrogens with zero attached hydrogens (tertiary/aromatic N) is 4. The molecular formula is C18H13F3N6. The average molecular weight is 370 g/mol. The molecule has 6 nitrogen and oxygen atoms in total. The van der Waals surface area contributed by atoms with E-state index in [0.29, 0.717) is 11.4 Å². The molecule has 0 radical (unpaired) electrons. The molecule has 9 heteroatoms. The zero-order chi connectivity index (χ0) is 19.0. The Morgan fingerprint density at radius 2 is 1.78 bits per heavy atom. The van der Waals surface area contributed by atoms with Crippen molar-refractivity contribution in [2.75, 3.05) is 11.1 Å². The third kappa shape index (κ3) is 3.39. The topological polar surface area (TPSA) is 81.1 Å². The lowest BCUT2D eigenvalue weighted by molar-refractivity contribution is -0.137. The highest BCUT2D eigenvalue weighted by atomic mass is 19.4. The first kappa shape index (κ1) is 16.8. The molecule has 1 aromatic carbocycles. The van der Waals surface area contributed by atoms with Crippen LogP contribution in [0, 0.1) is 0 Å². The predicted octanol–water partition coefficient (Wildman–Crippen LogP) is 4.14. The van der Waals surface area contributed by atoms with Gasteiger partial charge in [0.1, 0.15) is 11.5 Å². The fourth-order valence-corrected chi connectivity index (χ4v) is 2.65. The molecule has 0 spiro atoms. The van der Waals surface area contributed by atoms with Crippen molar-refractivity contribution < 1.29 is 13.2 Å². The van der Waals surface area contributed by atoms with E-state index in [9.17, 15) is 13.2 Å². The van der Waals surface area contributed by atoms with Gasteiger partial charge in [-0.25, -0.2) is 9.97 Å². The van der Waals surface area contributed by atoms with E-state index in [1.807, 2.05) is 28.8 Å². The standard InChI is InChI=1S/C18H13F3N6/c19-18(20,21)11-4-6-12(7-5-11)24-17-25-13(9-15(22)26-17)14-10-23-16-3-1-2-8-27(14)16/h1-10H,(H3,22,24,25,26). The Kier molecular flexibility index (Phi) is 3.91. The minimum absolute atomic E-state index is 0.177. The van der Waals surface area contributed by atoms with E-state index < -0.39 is 11.7 Å². The van der Waals surface area contributed by atoms with Crippen LogP contribution in [0.25, 0.3) is 17.0 Å². The summed E-state index contributed by atoms with van der Waals surface area (Å²) in [5, 5.41) is 2.87. The van der Waals surface area contributed by atoms with Crippen LogP contribution in [0.2, 0.25) is 0 Å². The van der Waals surface area contributed by atoms with Crippen LogP contribution in [-0.4, -0.2) is 19.4 Å². The molecule has 3 N–H and O–H groups in total. The summed E-state index contributed by atoms with van der Waals surface area (Å²) in [4.78, 5) is 12.8. The lowest BCUT2D eigenvalue weighted by atomic mass is 10.2. The number of anilines is 3. The van der Waals surface area contributed by atoms with E-state index in [0.717, 1.165) is 23.5 Å². The molecule has 0 saturated heterocycles. The molecule has 0 aliphatic rings. The molecule has 0 aliphatic carbocycles. The van der Waals surface area contributed by atoms with Crippen LogP contribution in [0.4, 0.5) is 30.6 Å². The number of aromatic nitrogens is 4. The lowest BCUT2D eigenvalue weighted by Crippen LogP contribution is -2.05. The first-order chi connectivity index (χ1) is 12.9. The number of benzene rings is 1. The quantitative estimate of drug-likeness (QED) is 0.567. The first-order valence-corrected chi connectivity index (χ1v) is 7.91. The highest BCUT2D eigenvalue weighted by Gasteiger charge is 2.29. The number of hydrogen-bond donors (Lipinski definition) is 2. The Bertz CT molecular complexity index is 1100. The van der Waals surface area contributed by atoms with Crippen LogP contribution in [0.1, 0.15) is 5.56 Å². The fourth-order valence-electron chi connectivity index (χ4n) is 2.65. The molecule has 0 aliphatic heterocycles. The van der Waals surface area contributed by atoms with Crippen LogP contribution < -0.4 is 11.1 Å². The third-order valence-corrected chi connectivity index (χ3v) is 3.89. The van der Waals surface area contributed by atoms with Crippen molar-refractivity contribution in [3.63, 3.8) is 0 Å². The molecule has 0 bridgehead atoms. The number of rotatable bonds is 3. The molecule has 3 aromatic heterocycles. The van der Waals surface area contributed by atoms with Crippen molar-refractivity contribution in [3.8, 4) is 11.4 Å². The summed E-state index contributed by atoms with van der Waals surface area (Å²) in [5.41, 5.74) is 7.57. The van der Waals surface area contributed by atoms with Gasteiger partial charge in [-0.2, -0.15) is 18.2 Å². The largest absolute Gasteiger partial charge is 0.416 e. The molecule has 0 atom stereocenters. The van der Waals surface area contributed by atoms with Gasteiger partial charge in [0.05, 0.1) is 23.1 Å². The zero-order valence-electron chi connectivity index (χ0n) is 13.8. The van der Waals surface area contributed by atoms with Crippen molar-refractivity contribution in [1.29, 1.82) is 0 Å². The van der Waals surface area contributed by atoms with Gasteiger partial charge in [-0.3, -0.25) is 4.40 Å². The molecule has 0 saturated carbocycles. The molecule has 27 heavy (non-hydrogen) atoms. The predicted molar refractivity (Wildman–Crippen MR) is 95.4 cm³/mol. The van der Waals surface area contributed by atoms with Crippen LogP contribution in [-0.2, 0) is 6.18 Å². The summed E-state index contributed by atoms with van der Waals surface area (Å²) in [6.07, 6.45) is -0.875. The zero-order valence-corrected chi connectivity index (χ0v) is 13.8. The van der Waals surface area contributed by atoms with Gasteiger partial charge >= 0.3 is 6.18 Å². The summed E-state index contributed by atoms with van der Waals surface area (Å²) < 4.78 is 39.9. The maximum absolute atomic E-state index is 12.7. The van der Waals surface area contributed by atoms with Crippen molar-refractivity contribution >= 4 is 23.1 Å². The van der Waals surface area contributed by atoms with Crippen molar-refractivity contribution in [2.24, 2.45) is 0 Å². The van der Waals surface area contributed by atoms with Gasteiger partial charge in [0.15, 0.2) is 0 Å². The smallest absolute Gasteiger partial charge is 0.384 e. The van der Waals surface area contributed by atoms with Crippen molar-refractivity contribution in [2.45, 2.75) is 6.18 Å². The second-order valence-electron chi connectivity index (χ2n) is 5.77. The highest BCUT2D eigenvalue weighted by Crippen LogP contribution is 2.30. The van der Waals surface area contributed by atoms with Crippen LogP contribution >= 0.6 is 0 Å². The van der Waals surface area contributed by atoms with E-state index >= 15 is 0 Å². The monoisotopic (exact) mass is 370 g/mol. The molecule has 136 valence electrons. The number of nitrogens with one attached hydrogen (secondary N) is 1. The van der Waals surface area contributed by atoms with Crippen LogP contribution in [0.5, 0.6) is 0 Å². The Hall–Kier alpha value is -3.62. The molecule has 0 amide bonds. The average Bonchev–Trinajstić information content (AvgIpc) is 3.05. The third-order valence-electron chi connectivity index (χ3n) is 3.89. The van der Waals surface area contributed by atoms with Gasteiger partial charge in [0.2, 0.25) is 5.95 Å². The number of imidazole rings is 1. The molecule has 0 unspecified atom stereocenters. The minimum Gasteiger partial charge on any atom is -0.384 e. The van der Waals surface area contributed by atoms with Gasteiger partial charge in [-0.1, -0.05) is 6.07 Å². The molecule has 3 heterocycles. The summed E-state index contributed by atoms with van der Waals surface area (Å²) in [6.45, 7) is 0. The number of nitrogen functional groups attached to an aromatic ring is 1. The van der Waals surface area contributed by atoms with Gasteiger partial charge in [0, 0.05) is 18.0 Å². The van der Waals surface area contributed by atoms with Crippen LogP contribution in [0.15, 0.2) is 60.9 Å². The second kappa shape index (κ2) is 6.27. The van der Waals surface area contributed by atoms with Crippen molar-refractivity contribution in [3.05, 3.63) is 66.5 Å². The van der Waals surface area contributed by atoms with Crippen molar-refractivity contribution in [1.82, 2.24) is 19.4 Å².